The number of nitrogens with one attached hydrogen (secondary N) is 1. The van der Waals surface area contributed by atoms with Crippen molar-refractivity contribution in [3.63, 3.8) is 0 Å². The number of alkyl halides is 1. The zero-order valence-corrected chi connectivity index (χ0v) is 19.2. The van der Waals surface area contributed by atoms with E-state index in [-0.39, 0.29) is 18.9 Å². The van der Waals surface area contributed by atoms with Crippen LogP contribution in [0.1, 0.15) is 62.8 Å². The first-order chi connectivity index (χ1) is 15.2. The van der Waals surface area contributed by atoms with Gasteiger partial charge in [0.25, 0.3) is 5.91 Å². The molecule has 0 radical (unpaired) electrons. The van der Waals surface area contributed by atoms with Crippen LogP contribution in [0.5, 0.6) is 0 Å². The van der Waals surface area contributed by atoms with Gasteiger partial charge in [-0.25, -0.2) is 4.39 Å². The lowest BCUT2D eigenvalue weighted by molar-refractivity contribution is -0.147. The Morgan fingerprint density at radius 1 is 0.969 bits per heavy atom. The van der Waals surface area contributed by atoms with E-state index in [4.69, 9.17) is 0 Å². The van der Waals surface area contributed by atoms with E-state index in [1.807, 2.05) is 54.6 Å². The molecule has 0 saturated carbocycles. The fourth-order valence-electron chi connectivity index (χ4n) is 4.05. The van der Waals surface area contributed by atoms with E-state index in [0.717, 1.165) is 11.1 Å². The van der Waals surface area contributed by atoms with Gasteiger partial charge in [-0.2, -0.15) is 0 Å². The molecule has 1 aliphatic heterocycles. The maximum atomic E-state index is 14.3. The predicted octanol–water partition coefficient (Wildman–Crippen LogP) is 3.97. The summed E-state index contributed by atoms with van der Waals surface area (Å²) in [5, 5.41) is 13.2. The van der Waals surface area contributed by atoms with Gasteiger partial charge in [0.15, 0.2) is 0 Å². The number of benzene rings is 2. The molecule has 2 aromatic carbocycles. The average Bonchev–Trinajstić information content (AvgIpc) is 3.18. The van der Waals surface area contributed by atoms with Crippen molar-refractivity contribution in [3.8, 4) is 0 Å². The van der Waals surface area contributed by atoms with Crippen molar-refractivity contribution >= 4 is 11.8 Å². The maximum Gasteiger partial charge on any atom is 0.252 e. The molecular formula is C26H33FN2O3. The van der Waals surface area contributed by atoms with Crippen molar-refractivity contribution in [1.82, 2.24) is 10.2 Å². The molecule has 2 N–H and O–H groups in total. The molecule has 3 rings (SSSR count). The van der Waals surface area contributed by atoms with E-state index in [1.54, 1.807) is 13.8 Å². The lowest BCUT2D eigenvalue weighted by atomic mass is 9.95. The van der Waals surface area contributed by atoms with Gasteiger partial charge in [-0.05, 0) is 28.5 Å². The van der Waals surface area contributed by atoms with Gasteiger partial charge in [0, 0.05) is 6.42 Å². The number of carbonyl (C=O) groups is 2. The van der Waals surface area contributed by atoms with Crippen LogP contribution in [0.3, 0.4) is 0 Å². The van der Waals surface area contributed by atoms with E-state index < -0.39 is 36.2 Å². The molecule has 32 heavy (non-hydrogen) atoms. The first-order valence-electron chi connectivity index (χ1n) is 11.3. The molecule has 0 aromatic heterocycles. The van der Waals surface area contributed by atoms with Crippen LogP contribution in [0.15, 0.2) is 54.6 Å². The number of aliphatic hydroxyl groups excluding tert-OH is 1. The minimum absolute atomic E-state index is 0.0732. The Hall–Kier alpha value is -2.73. The molecule has 2 amide bonds. The van der Waals surface area contributed by atoms with E-state index >= 15 is 0 Å². The fourth-order valence-corrected chi connectivity index (χ4v) is 4.05. The van der Waals surface area contributed by atoms with Crippen molar-refractivity contribution in [2.45, 2.75) is 64.4 Å². The summed E-state index contributed by atoms with van der Waals surface area (Å²) < 4.78 is 14.3. The van der Waals surface area contributed by atoms with Crippen molar-refractivity contribution < 1.29 is 19.1 Å². The van der Waals surface area contributed by atoms with Crippen LogP contribution in [-0.2, 0) is 9.59 Å². The van der Waals surface area contributed by atoms with Gasteiger partial charge in [0.05, 0.1) is 12.6 Å². The standard InChI is InChI=1S/C26H33FN2O3/c1-16(2)18-10-12-20(13-11-18)23(19-8-6-5-7-9-19)28-25(31)22-14-21(27)15-29(22)26(32)24(30)17(3)4/h5-13,16-17,21-24,30H,14-15H2,1-4H3,(H,28,31). The van der Waals surface area contributed by atoms with Crippen LogP contribution in [0.4, 0.5) is 4.39 Å². The van der Waals surface area contributed by atoms with Crippen LogP contribution >= 0.6 is 0 Å². The van der Waals surface area contributed by atoms with Crippen LogP contribution in [0.25, 0.3) is 0 Å². The summed E-state index contributed by atoms with van der Waals surface area (Å²) in [6, 6.07) is 16.3. The van der Waals surface area contributed by atoms with Crippen molar-refractivity contribution in [2.75, 3.05) is 6.54 Å². The number of carbonyl (C=O) groups excluding carboxylic acids is 2. The quantitative estimate of drug-likeness (QED) is 0.685. The molecule has 1 aliphatic rings. The second-order valence-electron chi connectivity index (χ2n) is 9.20. The summed E-state index contributed by atoms with van der Waals surface area (Å²) >= 11 is 0. The van der Waals surface area contributed by atoms with E-state index in [9.17, 15) is 19.1 Å². The number of amides is 2. The summed E-state index contributed by atoms with van der Waals surface area (Å²) in [6.07, 6.45) is -2.63. The summed E-state index contributed by atoms with van der Waals surface area (Å²) in [5.41, 5.74) is 3.00. The monoisotopic (exact) mass is 440 g/mol. The van der Waals surface area contributed by atoms with E-state index in [2.05, 4.69) is 19.2 Å². The normalized spacial score (nSPS) is 20.4. The van der Waals surface area contributed by atoms with Gasteiger partial charge in [0.2, 0.25) is 5.91 Å². The van der Waals surface area contributed by atoms with Crippen LogP contribution in [0.2, 0.25) is 0 Å². The van der Waals surface area contributed by atoms with Gasteiger partial charge < -0.3 is 15.3 Å². The third-order valence-electron chi connectivity index (χ3n) is 6.08. The minimum Gasteiger partial charge on any atom is -0.383 e. The molecule has 4 unspecified atom stereocenters. The Kier molecular flexibility index (Phi) is 7.67. The lowest BCUT2D eigenvalue weighted by Gasteiger charge is -2.29. The topological polar surface area (TPSA) is 69.6 Å². The van der Waals surface area contributed by atoms with E-state index in [1.165, 1.54) is 10.5 Å². The second kappa shape index (κ2) is 10.3. The molecule has 0 spiro atoms. The molecule has 6 heteroatoms. The highest BCUT2D eigenvalue weighted by molar-refractivity contribution is 5.90. The van der Waals surface area contributed by atoms with Crippen molar-refractivity contribution in [1.29, 1.82) is 0 Å². The number of rotatable bonds is 7. The third kappa shape index (κ3) is 5.36. The average molecular weight is 441 g/mol. The Labute approximate surface area is 189 Å². The first kappa shape index (κ1) is 23.9. The molecule has 4 atom stereocenters. The summed E-state index contributed by atoms with van der Waals surface area (Å²) in [4.78, 5) is 27.2. The zero-order valence-electron chi connectivity index (χ0n) is 19.2. The zero-order chi connectivity index (χ0) is 23.4. The second-order valence-corrected chi connectivity index (χ2v) is 9.20. The van der Waals surface area contributed by atoms with Crippen LogP contribution in [-0.4, -0.2) is 46.7 Å². The molecule has 0 bridgehead atoms. The SMILES string of the molecule is CC(C)c1ccc(C(NC(=O)C2CC(F)CN2C(=O)C(O)C(C)C)c2ccccc2)cc1. The highest BCUT2D eigenvalue weighted by Crippen LogP contribution is 2.27. The Balaban J connectivity index is 1.86. The number of likely N-dealkylation sites (tertiary alicyclic amines) is 1. The third-order valence-corrected chi connectivity index (χ3v) is 6.08. The molecule has 0 aliphatic carbocycles. The number of hydrogen-bond acceptors (Lipinski definition) is 3. The fraction of sp³-hybridized carbons (Fsp3) is 0.462. The Bertz CT molecular complexity index is 914. The molecular weight excluding hydrogens is 407 g/mol. The van der Waals surface area contributed by atoms with Gasteiger partial charge in [-0.1, -0.05) is 82.3 Å². The van der Waals surface area contributed by atoms with Crippen molar-refractivity contribution in [3.05, 3.63) is 71.3 Å². The van der Waals surface area contributed by atoms with Crippen LogP contribution in [0, 0.1) is 5.92 Å². The number of aliphatic hydroxyl groups is 1. The lowest BCUT2D eigenvalue weighted by Crippen LogP contribution is -2.50. The summed E-state index contributed by atoms with van der Waals surface area (Å²) in [7, 11) is 0. The predicted molar refractivity (Wildman–Crippen MR) is 123 cm³/mol. The van der Waals surface area contributed by atoms with Gasteiger partial charge in [-0.3, -0.25) is 9.59 Å². The Morgan fingerprint density at radius 2 is 1.53 bits per heavy atom. The van der Waals surface area contributed by atoms with Gasteiger partial charge >= 0.3 is 0 Å². The number of nitrogens with zero attached hydrogens (tertiary/aromatic N) is 1. The molecule has 1 heterocycles. The molecule has 1 fully saturated rings. The number of hydrogen-bond donors (Lipinski definition) is 2. The smallest absolute Gasteiger partial charge is 0.252 e. The molecule has 2 aromatic rings. The highest BCUT2D eigenvalue weighted by Gasteiger charge is 2.42. The molecule has 5 nitrogen and oxygen atoms in total. The van der Waals surface area contributed by atoms with E-state index in [0.29, 0.717) is 5.92 Å². The van der Waals surface area contributed by atoms with Gasteiger partial charge in [0.1, 0.15) is 18.3 Å². The summed E-state index contributed by atoms with van der Waals surface area (Å²) in [6.45, 7) is 7.49. The maximum absolute atomic E-state index is 14.3. The van der Waals surface area contributed by atoms with Crippen LogP contribution < -0.4 is 5.32 Å². The molecule has 172 valence electrons. The highest BCUT2D eigenvalue weighted by atomic mass is 19.1. The Morgan fingerprint density at radius 3 is 2.09 bits per heavy atom. The number of halogens is 1. The van der Waals surface area contributed by atoms with Crippen molar-refractivity contribution in [2.24, 2.45) is 5.92 Å². The molecule has 1 saturated heterocycles. The first-order valence-corrected chi connectivity index (χ1v) is 11.3. The summed E-state index contributed by atoms with van der Waals surface area (Å²) in [5.74, 6) is -0.948. The van der Waals surface area contributed by atoms with Gasteiger partial charge in [-0.15, -0.1) is 0 Å². The largest absolute Gasteiger partial charge is 0.383 e. The minimum atomic E-state index is -1.30.